The van der Waals surface area contributed by atoms with Crippen LogP contribution in [0.1, 0.15) is 57.7 Å². The fraction of sp³-hybridized carbons (Fsp3) is 0.600. The maximum Gasteiger partial charge on any atom is 0.0381 e. The van der Waals surface area contributed by atoms with Crippen molar-refractivity contribution in [3.63, 3.8) is 0 Å². The molecule has 1 atom stereocenters. The number of hydrogen-bond donors (Lipinski definition) is 1. The lowest BCUT2D eigenvalue weighted by molar-refractivity contribution is 0.473. The van der Waals surface area contributed by atoms with Crippen molar-refractivity contribution in [1.29, 1.82) is 0 Å². The van der Waals surface area contributed by atoms with Crippen molar-refractivity contribution in [3.05, 3.63) is 34.9 Å². The highest BCUT2D eigenvalue weighted by Gasteiger charge is 2.22. The van der Waals surface area contributed by atoms with Crippen molar-refractivity contribution in [2.45, 2.75) is 58.9 Å². The van der Waals surface area contributed by atoms with Gasteiger partial charge in [-0.1, -0.05) is 45.9 Å². The molecule has 0 aliphatic heterocycles. The quantitative estimate of drug-likeness (QED) is 0.802. The monoisotopic (exact) mass is 219 g/mol. The minimum atomic E-state index is -0.208. The van der Waals surface area contributed by atoms with Crippen LogP contribution < -0.4 is 5.73 Å². The van der Waals surface area contributed by atoms with Crippen LogP contribution in [0.15, 0.2) is 18.2 Å². The molecule has 2 N–H and O–H groups in total. The fourth-order valence-corrected chi connectivity index (χ4v) is 1.96. The number of benzene rings is 1. The molecule has 0 heterocycles. The summed E-state index contributed by atoms with van der Waals surface area (Å²) in [6, 6.07) is 6.68. The zero-order valence-electron chi connectivity index (χ0n) is 11.5. The predicted molar refractivity (Wildman–Crippen MR) is 71.7 cm³/mol. The molecule has 0 bridgehead atoms. The Balaban J connectivity index is 3.20. The third-order valence-electron chi connectivity index (χ3n) is 3.44. The van der Waals surface area contributed by atoms with Gasteiger partial charge < -0.3 is 5.73 Å². The van der Waals surface area contributed by atoms with E-state index in [9.17, 15) is 0 Å². The van der Waals surface area contributed by atoms with Crippen LogP contribution in [0.2, 0.25) is 0 Å². The first-order valence-corrected chi connectivity index (χ1v) is 6.09. The highest BCUT2D eigenvalue weighted by molar-refractivity contribution is 5.38. The van der Waals surface area contributed by atoms with Gasteiger partial charge in [0.15, 0.2) is 0 Å². The summed E-state index contributed by atoms with van der Waals surface area (Å²) in [7, 11) is 0. The molecule has 1 unspecified atom stereocenters. The number of aryl methyl sites for hydroxylation is 1. The van der Waals surface area contributed by atoms with Crippen LogP contribution >= 0.6 is 0 Å². The second-order valence-electron chi connectivity index (χ2n) is 6.05. The predicted octanol–water partition coefficient (Wildman–Crippen LogP) is 3.88. The Morgan fingerprint density at radius 2 is 1.69 bits per heavy atom. The van der Waals surface area contributed by atoms with E-state index in [1.165, 1.54) is 16.7 Å². The lowest BCUT2D eigenvalue weighted by atomic mass is 9.81. The van der Waals surface area contributed by atoms with Gasteiger partial charge in [0.05, 0.1) is 0 Å². The van der Waals surface area contributed by atoms with Gasteiger partial charge in [0.25, 0.3) is 0 Å². The van der Waals surface area contributed by atoms with Gasteiger partial charge in [-0.25, -0.2) is 0 Å². The summed E-state index contributed by atoms with van der Waals surface area (Å²) in [5.74, 6) is 0. The molecule has 0 fully saturated rings. The molecule has 0 saturated heterocycles. The van der Waals surface area contributed by atoms with Gasteiger partial charge in [-0.05, 0) is 42.4 Å². The standard InChI is InChI=1S/C15H25N/c1-7-15(6,16)13-9-8-12(10-11(13)2)14(3,4)5/h8-10H,7,16H2,1-6H3. The average molecular weight is 219 g/mol. The summed E-state index contributed by atoms with van der Waals surface area (Å²) in [5.41, 5.74) is 10.2. The van der Waals surface area contributed by atoms with E-state index < -0.39 is 0 Å². The van der Waals surface area contributed by atoms with Crippen molar-refractivity contribution in [2.75, 3.05) is 0 Å². The van der Waals surface area contributed by atoms with Gasteiger partial charge in [0.1, 0.15) is 0 Å². The van der Waals surface area contributed by atoms with E-state index in [1.54, 1.807) is 0 Å². The van der Waals surface area contributed by atoms with Gasteiger partial charge in [0.2, 0.25) is 0 Å². The Hall–Kier alpha value is -0.820. The molecule has 16 heavy (non-hydrogen) atoms. The molecule has 1 rings (SSSR count). The summed E-state index contributed by atoms with van der Waals surface area (Å²) in [6.45, 7) is 13.1. The molecule has 90 valence electrons. The zero-order valence-corrected chi connectivity index (χ0v) is 11.5. The van der Waals surface area contributed by atoms with E-state index >= 15 is 0 Å². The summed E-state index contributed by atoms with van der Waals surface area (Å²) in [6.07, 6.45) is 0.961. The van der Waals surface area contributed by atoms with Crippen molar-refractivity contribution in [3.8, 4) is 0 Å². The van der Waals surface area contributed by atoms with Crippen LogP contribution in [0.25, 0.3) is 0 Å². The van der Waals surface area contributed by atoms with Crippen LogP contribution in [-0.2, 0) is 11.0 Å². The minimum absolute atomic E-state index is 0.208. The second-order valence-corrected chi connectivity index (χ2v) is 6.05. The van der Waals surface area contributed by atoms with Gasteiger partial charge in [-0.2, -0.15) is 0 Å². The Morgan fingerprint density at radius 1 is 1.12 bits per heavy atom. The smallest absolute Gasteiger partial charge is 0.0381 e. The highest BCUT2D eigenvalue weighted by atomic mass is 14.7. The first-order chi connectivity index (χ1) is 7.18. The molecular weight excluding hydrogens is 194 g/mol. The largest absolute Gasteiger partial charge is 0.322 e. The first kappa shape index (κ1) is 13.2. The molecule has 0 aliphatic rings. The van der Waals surface area contributed by atoms with Gasteiger partial charge in [-0.15, -0.1) is 0 Å². The molecule has 1 nitrogen and oxygen atoms in total. The summed E-state index contributed by atoms with van der Waals surface area (Å²) < 4.78 is 0. The first-order valence-electron chi connectivity index (χ1n) is 6.09. The van der Waals surface area contributed by atoms with Crippen molar-refractivity contribution in [1.82, 2.24) is 0 Å². The van der Waals surface area contributed by atoms with E-state index in [1.807, 2.05) is 0 Å². The maximum absolute atomic E-state index is 6.30. The van der Waals surface area contributed by atoms with Crippen LogP contribution in [0.3, 0.4) is 0 Å². The SMILES string of the molecule is CCC(C)(N)c1ccc(C(C)(C)C)cc1C. The summed E-state index contributed by atoms with van der Waals surface area (Å²) in [4.78, 5) is 0. The average Bonchev–Trinajstić information content (AvgIpc) is 2.16. The lowest BCUT2D eigenvalue weighted by Gasteiger charge is -2.28. The van der Waals surface area contributed by atoms with E-state index in [0.29, 0.717) is 0 Å². The van der Waals surface area contributed by atoms with Gasteiger partial charge in [-0.3, -0.25) is 0 Å². The third kappa shape index (κ3) is 2.65. The molecule has 0 spiro atoms. The van der Waals surface area contributed by atoms with E-state index in [-0.39, 0.29) is 11.0 Å². The highest BCUT2D eigenvalue weighted by Crippen LogP contribution is 2.29. The van der Waals surface area contributed by atoms with E-state index in [4.69, 9.17) is 5.73 Å². The molecule has 0 aromatic heterocycles. The molecule has 0 radical (unpaired) electrons. The van der Waals surface area contributed by atoms with Crippen molar-refractivity contribution in [2.24, 2.45) is 5.73 Å². The van der Waals surface area contributed by atoms with Crippen LogP contribution in [0.5, 0.6) is 0 Å². The Bertz CT molecular complexity index is 370. The molecule has 0 saturated carbocycles. The van der Waals surface area contributed by atoms with Crippen molar-refractivity contribution >= 4 is 0 Å². The molecular formula is C15H25N. The minimum Gasteiger partial charge on any atom is -0.322 e. The number of rotatable bonds is 2. The molecule has 0 aliphatic carbocycles. The van der Waals surface area contributed by atoms with Crippen molar-refractivity contribution < 1.29 is 0 Å². The number of hydrogen-bond acceptors (Lipinski definition) is 1. The molecule has 1 heteroatoms. The number of nitrogens with two attached hydrogens (primary N) is 1. The molecule has 1 aromatic rings. The van der Waals surface area contributed by atoms with Crippen LogP contribution in [0.4, 0.5) is 0 Å². The van der Waals surface area contributed by atoms with Gasteiger partial charge in [0, 0.05) is 5.54 Å². The molecule has 1 aromatic carbocycles. The van der Waals surface area contributed by atoms with E-state index in [2.05, 4.69) is 59.7 Å². The van der Waals surface area contributed by atoms with E-state index in [0.717, 1.165) is 6.42 Å². The van der Waals surface area contributed by atoms with Crippen LogP contribution in [0, 0.1) is 6.92 Å². The summed E-state index contributed by atoms with van der Waals surface area (Å²) in [5, 5.41) is 0. The second kappa shape index (κ2) is 4.21. The normalized spacial score (nSPS) is 15.9. The Labute approximate surface area is 100 Å². The van der Waals surface area contributed by atoms with Gasteiger partial charge >= 0.3 is 0 Å². The topological polar surface area (TPSA) is 26.0 Å². The third-order valence-corrected chi connectivity index (χ3v) is 3.44. The Morgan fingerprint density at radius 3 is 2.06 bits per heavy atom. The summed E-state index contributed by atoms with van der Waals surface area (Å²) >= 11 is 0. The Kier molecular flexibility index (Phi) is 3.49. The lowest BCUT2D eigenvalue weighted by Crippen LogP contribution is -2.33. The molecule has 0 amide bonds. The maximum atomic E-state index is 6.30. The fourth-order valence-electron chi connectivity index (χ4n) is 1.96. The van der Waals surface area contributed by atoms with Crippen LogP contribution in [-0.4, -0.2) is 0 Å². The zero-order chi connectivity index (χ0) is 12.6.